The molecule has 0 saturated heterocycles. The molecule has 0 spiro atoms. The molecule has 0 aromatic heterocycles. The van der Waals surface area contributed by atoms with Crippen LogP contribution in [0, 0.1) is 5.82 Å². The van der Waals surface area contributed by atoms with Crippen LogP contribution in [-0.2, 0) is 4.79 Å². The van der Waals surface area contributed by atoms with Gasteiger partial charge in [-0.25, -0.2) is 4.39 Å². The third-order valence-corrected chi connectivity index (χ3v) is 3.23. The van der Waals surface area contributed by atoms with Gasteiger partial charge in [0.25, 0.3) is 0 Å². The van der Waals surface area contributed by atoms with Gasteiger partial charge in [0.15, 0.2) is 0 Å². The van der Waals surface area contributed by atoms with Gasteiger partial charge in [-0.3, -0.25) is 4.79 Å². The summed E-state index contributed by atoms with van der Waals surface area (Å²) in [6.45, 7) is 3.93. The molecule has 0 atom stereocenters. The lowest BCUT2D eigenvalue weighted by molar-refractivity contribution is -0.117. The minimum atomic E-state index is -0.874. The first-order valence-corrected chi connectivity index (χ1v) is 6.43. The van der Waals surface area contributed by atoms with Crippen molar-refractivity contribution in [3.05, 3.63) is 41.7 Å². The number of carbonyl (C=O) groups is 1. The summed E-state index contributed by atoms with van der Waals surface area (Å²) in [4.78, 5) is 11.6. The average molecular weight is 265 g/mol. The maximum absolute atomic E-state index is 13.3. The molecule has 0 heterocycles. The molecular weight excluding hydrogens is 245 g/mol. The van der Waals surface area contributed by atoms with Crippen molar-refractivity contribution >= 4 is 12.0 Å². The van der Waals surface area contributed by atoms with E-state index in [2.05, 4.69) is 5.32 Å². The highest BCUT2D eigenvalue weighted by Crippen LogP contribution is 2.13. The van der Waals surface area contributed by atoms with Crippen molar-refractivity contribution in [2.75, 3.05) is 6.54 Å². The minimum Gasteiger partial charge on any atom is -0.388 e. The van der Waals surface area contributed by atoms with Crippen molar-refractivity contribution in [1.29, 1.82) is 0 Å². The van der Waals surface area contributed by atoms with Crippen LogP contribution in [-0.4, -0.2) is 23.2 Å². The minimum absolute atomic E-state index is 0.195. The van der Waals surface area contributed by atoms with Gasteiger partial charge >= 0.3 is 0 Å². The highest BCUT2D eigenvalue weighted by atomic mass is 19.1. The molecule has 0 radical (unpaired) electrons. The van der Waals surface area contributed by atoms with Crippen LogP contribution < -0.4 is 5.32 Å². The van der Waals surface area contributed by atoms with Crippen LogP contribution in [0.2, 0.25) is 0 Å². The van der Waals surface area contributed by atoms with Crippen LogP contribution in [0.5, 0.6) is 0 Å². The van der Waals surface area contributed by atoms with Crippen LogP contribution in [0.3, 0.4) is 0 Å². The average Bonchev–Trinajstić information content (AvgIpc) is 2.44. The molecular formula is C15H20FNO2. The van der Waals surface area contributed by atoms with Gasteiger partial charge in [0.2, 0.25) is 5.91 Å². The van der Waals surface area contributed by atoms with Gasteiger partial charge < -0.3 is 10.4 Å². The Morgan fingerprint density at radius 3 is 2.58 bits per heavy atom. The number of amides is 1. The van der Waals surface area contributed by atoms with Gasteiger partial charge in [0.1, 0.15) is 5.82 Å². The van der Waals surface area contributed by atoms with Crippen molar-refractivity contribution in [3.8, 4) is 0 Å². The summed E-state index contributed by atoms with van der Waals surface area (Å²) >= 11 is 0. The Morgan fingerprint density at radius 2 is 2.00 bits per heavy atom. The van der Waals surface area contributed by atoms with E-state index in [1.165, 1.54) is 18.2 Å². The quantitative estimate of drug-likeness (QED) is 0.776. The van der Waals surface area contributed by atoms with Crippen LogP contribution in [0.25, 0.3) is 6.08 Å². The van der Waals surface area contributed by atoms with Crippen LogP contribution in [0.15, 0.2) is 30.3 Å². The van der Waals surface area contributed by atoms with Gasteiger partial charge in [-0.05, 0) is 25.0 Å². The highest BCUT2D eigenvalue weighted by Gasteiger charge is 2.22. The fourth-order valence-corrected chi connectivity index (χ4v) is 1.59. The van der Waals surface area contributed by atoms with E-state index in [4.69, 9.17) is 0 Å². The Labute approximate surface area is 113 Å². The Morgan fingerprint density at radius 1 is 1.37 bits per heavy atom. The monoisotopic (exact) mass is 265 g/mol. The lowest BCUT2D eigenvalue weighted by Gasteiger charge is -2.24. The molecule has 4 heteroatoms. The van der Waals surface area contributed by atoms with E-state index in [0.717, 1.165) is 0 Å². The number of hydrogen-bond acceptors (Lipinski definition) is 2. The van der Waals surface area contributed by atoms with E-state index in [1.54, 1.807) is 18.2 Å². The third kappa shape index (κ3) is 4.83. The molecule has 0 unspecified atom stereocenters. The standard InChI is InChI=1S/C15H20FNO2/c1-3-15(19,4-2)11-17-14(18)10-9-12-7-5-6-8-13(12)16/h5-10,19H,3-4,11H2,1-2H3,(H,17,18). The summed E-state index contributed by atoms with van der Waals surface area (Å²) in [7, 11) is 0. The van der Waals surface area contributed by atoms with E-state index in [9.17, 15) is 14.3 Å². The first-order chi connectivity index (χ1) is 9.00. The van der Waals surface area contributed by atoms with Gasteiger partial charge in [-0.2, -0.15) is 0 Å². The summed E-state index contributed by atoms with van der Waals surface area (Å²) in [5.41, 5.74) is -0.513. The van der Waals surface area contributed by atoms with E-state index >= 15 is 0 Å². The molecule has 0 fully saturated rings. The molecule has 3 nitrogen and oxygen atoms in total. The predicted molar refractivity (Wildman–Crippen MR) is 74.0 cm³/mol. The maximum atomic E-state index is 13.3. The number of hydrogen-bond donors (Lipinski definition) is 2. The largest absolute Gasteiger partial charge is 0.388 e. The lowest BCUT2D eigenvalue weighted by atomic mass is 9.98. The zero-order valence-corrected chi connectivity index (χ0v) is 11.3. The normalized spacial score (nSPS) is 11.8. The fourth-order valence-electron chi connectivity index (χ4n) is 1.59. The number of halogens is 1. The fraction of sp³-hybridized carbons (Fsp3) is 0.400. The number of benzene rings is 1. The third-order valence-electron chi connectivity index (χ3n) is 3.23. The molecule has 0 aliphatic carbocycles. The molecule has 0 saturated carbocycles. The first-order valence-electron chi connectivity index (χ1n) is 6.43. The van der Waals surface area contributed by atoms with Crippen LogP contribution >= 0.6 is 0 Å². The van der Waals surface area contributed by atoms with E-state index in [1.807, 2.05) is 13.8 Å². The van der Waals surface area contributed by atoms with Crippen molar-refractivity contribution < 1.29 is 14.3 Å². The summed E-state index contributed by atoms with van der Waals surface area (Å²) in [5.74, 6) is -0.714. The lowest BCUT2D eigenvalue weighted by Crippen LogP contribution is -2.41. The molecule has 1 aromatic rings. The molecule has 104 valence electrons. The van der Waals surface area contributed by atoms with Crippen molar-refractivity contribution in [3.63, 3.8) is 0 Å². The Bertz CT molecular complexity index is 453. The SMILES string of the molecule is CCC(O)(CC)CNC(=O)C=Cc1ccccc1F. The predicted octanol–water partition coefficient (Wildman–Crippen LogP) is 2.51. The van der Waals surface area contributed by atoms with Gasteiger partial charge in [-0.15, -0.1) is 0 Å². The Kier molecular flexibility index (Phi) is 5.70. The second-order valence-electron chi connectivity index (χ2n) is 4.50. The molecule has 1 amide bonds. The first kappa shape index (κ1) is 15.4. The topological polar surface area (TPSA) is 49.3 Å². The molecule has 19 heavy (non-hydrogen) atoms. The van der Waals surface area contributed by atoms with E-state index in [0.29, 0.717) is 18.4 Å². The molecule has 1 rings (SSSR count). The van der Waals surface area contributed by atoms with E-state index in [-0.39, 0.29) is 18.3 Å². The zero-order valence-electron chi connectivity index (χ0n) is 11.3. The second-order valence-corrected chi connectivity index (χ2v) is 4.50. The van der Waals surface area contributed by atoms with Crippen molar-refractivity contribution in [1.82, 2.24) is 5.32 Å². The summed E-state index contributed by atoms with van der Waals surface area (Å²) in [5, 5.41) is 12.6. The smallest absolute Gasteiger partial charge is 0.244 e. The Balaban J connectivity index is 2.55. The summed E-state index contributed by atoms with van der Waals surface area (Å²) in [6.07, 6.45) is 3.83. The maximum Gasteiger partial charge on any atom is 0.244 e. The molecule has 0 bridgehead atoms. The number of nitrogens with one attached hydrogen (secondary N) is 1. The van der Waals surface area contributed by atoms with Crippen LogP contribution in [0.4, 0.5) is 4.39 Å². The van der Waals surface area contributed by atoms with Gasteiger partial charge in [-0.1, -0.05) is 32.0 Å². The zero-order chi connectivity index (χ0) is 14.3. The molecule has 0 aliphatic rings. The summed E-state index contributed by atoms with van der Waals surface area (Å²) < 4.78 is 13.3. The molecule has 2 N–H and O–H groups in total. The van der Waals surface area contributed by atoms with Gasteiger partial charge in [0.05, 0.1) is 5.60 Å². The molecule has 0 aliphatic heterocycles. The van der Waals surface area contributed by atoms with Crippen molar-refractivity contribution in [2.45, 2.75) is 32.3 Å². The number of aliphatic hydroxyl groups is 1. The summed E-state index contributed by atoms with van der Waals surface area (Å²) in [6, 6.07) is 6.22. The molecule has 1 aromatic carbocycles. The highest BCUT2D eigenvalue weighted by molar-refractivity contribution is 5.91. The van der Waals surface area contributed by atoms with Crippen LogP contribution in [0.1, 0.15) is 32.3 Å². The number of rotatable bonds is 6. The van der Waals surface area contributed by atoms with E-state index < -0.39 is 5.60 Å². The number of carbonyl (C=O) groups excluding carboxylic acids is 1. The second kappa shape index (κ2) is 7.04. The van der Waals surface area contributed by atoms with Gasteiger partial charge in [0, 0.05) is 18.2 Å². The Hall–Kier alpha value is -1.68. The van der Waals surface area contributed by atoms with Crippen molar-refractivity contribution in [2.24, 2.45) is 0 Å².